The molecule has 0 aliphatic heterocycles. The Morgan fingerprint density at radius 3 is 2.92 bits per heavy atom. The van der Waals surface area contributed by atoms with Gasteiger partial charge in [-0.3, -0.25) is 4.98 Å². The van der Waals surface area contributed by atoms with Crippen molar-refractivity contribution in [3.8, 4) is 0 Å². The highest BCUT2D eigenvalue weighted by Gasteiger charge is 2.07. The first-order valence-corrected chi connectivity index (χ1v) is 4.13. The van der Waals surface area contributed by atoms with E-state index >= 15 is 0 Å². The number of aliphatic hydroxyl groups is 1. The van der Waals surface area contributed by atoms with Crippen molar-refractivity contribution < 1.29 is 5.11 Å². The second-order valence-electron chi connectivity index (χ2n) is 2.55. The van der Waals surface area contributed by atoms with E-state index in [1.807, 2.05) is 25.1 Å². The van der Waals surface area contributed by atoms with Crippen LogP contribution in [0, 0.1) is 0 Å². The summed E-state index contributed by atoms with van der Waals surface area (Å²) in [5, 5.41) is 12.1. The highest BCUT2D eigenvalue weighted by atomic mass is 16.3. The van der Waals surface area contributed by atoms with Crippen LogP contribution >= 0.6 is 0 Å². The Kier molecular flexibility index (Phi) is 3.70. The second kappa shape index (κ2) is 4.85. The molecule has 12 heavy (non-hydrogen) atoms. The predicted octanol–water partition coefficient (Wildman–Crippen LogP) is 0.724. The molecule has 2 N–H and O–H groups in total. The fourth-order valence-corrected chi connectivity index (χ4v) is 1.09. The highest BCUT2D eigenvalue weighted by molar-refractivity contribution is 5.08. The maximum atomic E-state index is 9.01. The van der Waals surface area contributed by atoms with E-state index in [0.717, 1.165) is 12.2 Å². The number of nitrogens with zero attached hydrogens (tertiary/aromatic N) is 1. The van der Waals surface area contributed by atoms with E-state index in [1.165, 1.54) is 0 Å². The number of hydrogen-bond donors (Lipinski definition) is 2. The quantitative estimate of drug-likeness (QED) is 0.693. The zero-order chi connectivity index (χ0) is 8.81. The van der Waals surface area contributed by atoms with Crippen molar-refractivity contribution in [1.29, 1.82) is 0 Å². The lowest BCUT2D eigenvalue weighted by molar-refractivity contribution is 0.244. The molecule has 1 unspecified atom stereocenters. The molecule has 66 valence electrons. The summed E-state index contributed by atoms with van der Waals surface area (Å²) in [4.78, 5) is 4.15. The lowest BCUT2D eigenvalue weighted by Gasteiger charge is -2.13. The van der Waals surface area contributed by atoms with E-state index in [2.05, 4.69) is 10.3 Å². The van der Waals surface area contributed by atoms with Gasteiger partial charge in [-0.15, -0.1) is 0 Å². The summed E-state index contributed by atoms with van der Waals surface area (Å²) in [6.45, 7) is 2.93. The molecule has 1 aromatic heterocycles. The maximum absolute atomic E-state index is 9.01. The summed E-state index contributed by atoms with van der Waals surface area (Å²) in [5.41, 5.74) is 0.891. The first kappa shape index (κ1) is 9.16. The van der Waals surface area contributed by atoms with Gasteiger partial charge in [0.1, 0.15) is 0 Å². The van der Waals surface area contributed by atoms with Gasteiger partial charge in [-0.1, -0.05) is 13.0 Å². The van der Waals surface area contributed by atoms with E-state index < -0.39 is 0 Å². The second-order valence-corrected chi connectivity index (χ2v) is 2.55. The van der Waals surface area contributed by atoms with Crippen LogP contribution in [-0.4, -0.2) is 23.2 Å². The minimum absolute atomic E-state index is 0.0313. The standard InChI is InChI=1S/C9H14N2O/c1-2-10-9(7-12)8-5-3-4-6-11-8/h3-6,9-10,12H,2,7H2,1H3. The van der Waals surface area contributed by atoms with Gasteiger partial charge in [-0.2, -0.15) is 0 Å². The predicted molar refractivity (Wildman–Crippen MR) is 47.7 cm³/mol. The van der Waals surface area contributed by atoms with Gasteiger partial charge >= 0.3 is 0 Å². The van der Waals surface area contributed by atoms with Crippen molar-refractivity contribution in [1.82, 2.24) is 10.3 Å². The van der Waals surface area contributed by atoms with Crippen molar-refractivity contribution in [3.05, 3.63) is 30.1 Å². The third kappa shape index (κ3) is 2.29. The normalized spacial score (nSPS) is 12.8. The topological polar surface area (TPSA) is 45.1 Å². The molecule has 0 bridgehead atoms. The third-order valence-electron chi connectivity index (χ3n) is 1.68. The molecule has 0 radical (unpaired) electrons. The molecule has 1 aromatic rings. The zero-order valence-electron chi connectivity index (χ0n) is 7.20. The fraction of sp³-hybridized carbons (Fsp3) is 0.444. The number of aliphatic hydroxyl groups excluding tert-OH is 1. The van der Waals surface area contributed by atoms with Gasteiger partial charge in [-0.25, -0.2) is 0 Å². The number of nitrogens with one attached hydrogen (secondary N) is 1. The summed E-state index contributed by atoms with van der Waals surface area (Å²) < 4.78 is 0. The Bertz CT molecular complexity index is 213. The van der Waals surface area contributed by atoms with Gasteiger partial charge in [0.15, 0.2) is 0 Å². The van der Waals surface area contributed by atoms with Crippen molar-refractivity contribution in [2.45, 2.75) is 13.0 Å². The number of hydrogen-bond acceptors (Lipinski definition) is 3. The average Bonchev–Trinajstić information content (AvgIpc) is 2.15. The van der Waals surface area contributed by atoms with Gasteiger partial charge in [0, 0.05) is 6.20 Å². The van der Waals surface area contributed by atoms with E-state index in [1.54, 1.807) is 6.20 Å². The van der Waals surface area contributed by atoms with Crippen LogP contribution in [0.2, 0.25) is 0 Å². The first-order chi connectivity index (χ1) is 5.88. The Hall–Kier alpha value is -0.930. The Morgan fingerprint density at radius 1 is 1.58 bits per heavy atom. The monoisotopic (exact) mass is 166 g/mol. The van der Waals surface area contributed by atoms with Crippen LogP contribution in [0.15, 0.2) is 24.4 Å². The van der Waals surface area contributed by atoms with Gasteiger partial charge < -0.3 is 10.4 Å². The molecule has 1 heterocycles. The largest absolute Gasteiger partial charge is 0.394 e. The number of rotatable bonds is 4. The molecule has 0 saturated carbocycles. The molecule has 1 rings (SSSR count). The third-order valence-corrected chi connectivity index (χ3v) is 1.68. The molecule has 0 spiro atoms. The summed E-state index contributed by atoms with van der Waals surface area (Å²) in [5.74, 6) is 0. The van der Waals surface area contributed by atoms with Crippen LogP contribution in [0.25, 0.3) is 0 Å². The van der Waals surface area contributed by atoms with Gasteiger partial charge in [0.25, 0.3) is 0 Å². The first-order valence-electron chi connectivity index (χ1n) is 4.13. The summed E-state index contributed by atoms with van der Waals surface area (Å²) in [7, 11) is 0. The van der Waals surface area contributed by atoms with Gasteiger partial charge in [0.05, 0.1) is 18.3 Å². The van der Waals surface area contributed by atoms with E-state index in [-0.39, 0.29) is 12.6 Å². The number of likely N-dealkylation sites (N-methyl/N-ethyl adjacent to an activating group) is 1. The van der Waals surface area contributed by atoms with Crippen LogP contribution in [0.4, 0.5) is 0 Å². The number of pyridine rings is 1. The Labute approximate surface area is 72.5 Å². The van der Waals surface area contributed by atoms with Crippen LogP contribution in [0.3, 0.4) is 0 Å². The fourth-order valence-electron chi connectivity index (χ4n) is 1.09. The highest BCUT2D eigenvalue weighted by Crippen LogP contribution is 2.06. The molecule has 0 aromatic carbocycles. The summed E-state index contributed by atoms with van der Waals surface area (Å²) >= 11 is 0. The van der Waals surface area contributed by atoms with Crippen molar-refractivity contribution in [2.24, 2.45) is 0 Å². The lowest BCUT2D eigenvalue weighted by Crippen LogP contribution is -2.24. The van der Waals surface area contributed by atoms with Crippen LogP contribution in [0.1, 0.15) is 18.7 Å². The minimum atomic E-state index is -0.0313. The molecule has 0 aliphatic carbocycles. The van der Waals surface area contributed by atoms with Crippen LogP contribution in [-0.2, 0) is 0 Å². The average molecular weight is 166 g/mol. The van der Waals surface area contributed by atoms with Crippen LogP contribution < -0.4 is 5.32 Å². The molecule has 0 saturated heterocycles. The van der Waals surface area contributed by atoms with E-state index in [4.69, 9.17) is 5.11 Å². The Balaban J connectivity index is 2.66. The van der Waals surface area contributed by atoms with Crippen molar-refractivity contribution >= 4 is 0 Å². The summed E-state index contributed by atoms with van der Waals surface area (Å²) in [6.07, 6.45) is 1.73. The van der Waals surface area contributed by atoms with Crippen molar-refractivity contribution in [3.63, 3.8) is 0 Å². The zero-order valence-corrected chi connectivity index (χ0v) is 7.20. The molecule has 3 nitrogen and oxygen atoms in total. The summed E-state index contributed by atoms with van der Waals surface area (Å²) in [6, 6.07) is 5.66. The molecule has 0 fully saturated rings. The lowest BCUT2D eigenvalue weighted by atomic mass is 10.2. The molecule has 1 atom stereocenters. The number of aromatic nitrogens is 1. The molecule has 0 amide bonds. The SMILES string of the molecule is CCNC(CO)c1ccccn1. The van der Waals surface area contributed by atoms with Crippen molar-refractivity contribution in [2.75, 3.05) is 13.2 Å². The molecular weight excluding hydrogens is 152 g/mol. The minimum Gasteiger partial charge on any atom is -0.394 e. The van der Waals surface area contributed by atoms with E-state index in [9.17, 15) is 0 Å². The Morgan fingerprint density at radius 2 is 2.42 bits per heavy atom. The maximum Gasteiger partial charge on any atom is 0.0729 e. The molecular formula is C9H14N2O. The van der Waals surface area contributed by atoms with Gasteiger partial charge in [0.2, 0.25) is 0 Å². The van der Waals surface area contributed by atoms with Crippen LogP contribution in [0.5, 0.6) is 0 Å². The van der Waals surface area contributed by atoms with Gasteiger partial charge in [-0.05, 0) is 18.7 Å². The molecule has 0 aliphatic rings. The smallest absolute Gasteiger partial charge is 0.0729 e. The van der Waals surface area contributed by atoms with E-state index in [0.29, 0.717) is 0 Å². The molecule has 3 heteroatoms.